The van der Waals surface area contributed by atoms with Crippen molar-refractivity contribution in [2.24, 2.45) is 5.92 Å². The zero-order valence-corrected chi connectivity index (χ0v) is 14.8. The first-order chi connectivity index (χ1) is 9.60. The van der Waals surface area contributed by atoms with Crippen molar-refractivity contribution in [2.75, 3.05) is 22.6 Å². The SMILES string of the molecule is Cc1cc(Br)cc(NC(=O)CCS(=O)(=O)CC(C)C)c1N. The summed E-state index contributed by atoms with van der Waals surface area (Å²) in [4.78, 5) is 11.9. The lowest BCUT2D eigenvalue weighted by Crippen LogP contribution is -2.21. The monoisotopic (exact) mass is 376 g/mol. The maximum absolute atomic E-state index is 11.9. The Bertz CT molecular complexity index is 627. The van der Waals surface area contributed by atoms with Gasteiger partial charge in [-0.2, -0.15) is 0 Å². The molecule has 21 heavy (non-hydrogen) atoms. The first-order valence-electron chi connectivity index (χ1n) is 6.66. The highest BCUT2D eigenvalue weighted by molar-refractivity contribution is 9.10. The number of nitrogens with two attached hydrogens (primary N) is 1. The van der Waals surface area contributed by atoms with E-state index in [0.717, 1.165) is 10.0 Å². The van der Waals surface area contributed by atoms with Crippen molar-refractivity contribution in [1.82, 2.24) is 0 Å². The molecule has 0 aliphatic rings. The van der Waals surface area contributed by atoms with Crippen LogP contribution < -0.4 is 11.1 Å². The highest BCUT2D eigenvalue weighted by Crippen LogP contribution is 2.27. The van der Waals surface area contributed by atoms with Crippen LogP contribution in [0.1, 0.15) is 25.8 Å². The first-order valence-corrected chi connectivity index (χ1v) is 9.28. The highest BCUT2D eigenvalue weighted by Gasteiger charge is 2.16. The van der Waals surface area contributed by atoms with Crippen molar-refractivity contribution in [2.45, 2.75) is 27.2 Å². The molecule has 0 unspecified atom stereocenters. The second-order valence-electron chi connectivity index (χ2n) is 5.49. The minimum Gasteiger partial charge on any atom is -0.397 e. The molecule has 0 aliphatic heterocycles. The number of sulfone groups is 1. The van der Waals surface area contributed by atoms with E-state index in [9.17, 15) is 13.2 Å². The molecule has 3 N–H and O–H groups in total. The lowest BCUT2D eigenvalue weighted by Gasteiger charge is -2.11. The van der Waals surface area contributed by atoms with E-state index in [1.165, 1.54) is 0 Å². The normalized spacial score (nSPS) is 11.7. The minimum absolute atomic E-state index is 0.0569. The van der Waals surface area contributed by atoms with Crippen LogP contribution in [0.4, 0.5) is 11.4 Å². The van der Waals surface area contributed by atoms with Gasteiger partial charge in [0.15, 0.2) is 9.84 Å². The molecule has 1 rings (SSSR count). The third-order valence-corrected chi connectivity index (χ3v) is 5.31. The number of aryl methyl sites for hydroxylation is 1. The van der Waals surface area contributed by atoms with Gasteiger partial charge in [0.25, 0.3) is 0 Å². The number of carbonyl (C=O) groups is 1. The number of amides is 1. The number of rotatable bonds is 6. The van der Waals surface area contributed by atoms with Gasteiger partial charge in [-0.15, -0.1) is 0 Å². The first kappa shape index (κ1) is 18.0. The summed E-state index contributed by atoms with van der Waals surface area (Å²) in [5, 5.41) is 2.66. The largest absolute Gasteiger partial charge is 0.397 e. The molecule has 1 aromatic rings. The quantitative estimate of drug-likeness (QED) is 0.746. The molecule has 0 saturated heterocycles. The van der Waals surface area contributed by atoms with Crippen LogP contribution in [0.2, 0.25) is 0 Å². The van der Waals surface area contributed by atoms with Gasteiger partial charge in [0.1, 0.15) is 0 Å². The molecular formula is C14H21BrN2O3S. The van der Waals surface area contributed by atoms with Gasteiger partial charge < -0.3 is 11.1 Å². The van der Waals surface area contributed by atoms with E-state index in [1.54, 1.807) is 6.07 Å². The molecule has 1 aromatic carbocycles. The molecule has 1 amide bonds. The van der Waals surface area contributed by atoms with Crippen LogP contribution >= 0.6 is 15.9 Å². The van der Waals surface area contributed by atoms with E-state index in [2.05, 4.69) is 21.2 Å². The van der Waals surface area contributed by atoms with Crippen LogP contribution in [0.25, 0.3) is 0 Å². The van der Waals surface area contributed by atoms with Gasteiger partial charge in [-0.1, -0.05) is 29.8 Å². The van der Waals surface area contributed by atoms with Crippen molar-refractivity contribution < 1.29 is 13.2 Å². The molecule has 118 valence electrons. The average Bonchev–Trinajstić information content (AvgIpc) is 2.31. The second-order valence-corrected chi connectivity index (χ2v) is 8.63. The maximum atomic E-state index is 11.9. The number of halogens is 1. The van der Waals surface area contributed by atoms with Crippen molar-refractivity contribution >= 4 is 43.0 Å². The number of nitrogen functional groups attached to an aromatic ring is 1. The molecule has 0 aromatic heterocycles. The van der Waals surface area contributed by atoms with Gasteiger partial charge in [-0.05, 0) is 30.5 Å². The lowest BCUT2D eigenvalue weighted by molar-refractivity contribution is -0.115. The molecule has 0 bridgehead atoms. The summed E-state index contributed by atoms with van der Waals surface area (Å²) in [6, 6.07) is 3.54. The van der Waals surface area contributed by atoms with Gasteiger partial charge in [0, 0.05) is 10.9 Å². The van der Waals surface area contributed by atoms with Gasteiger partial charge in [-0.25, -0.2) is 8.42 Å². The number of anilines is 2. The van der Waals surface area contributed by atoms with Crippen LogP contribution in [0.15, 0.2) is 16.6 Å². The third kappa shape index (κ3) is 6.05. The summed E-state index contributed by atoms with van der Waals surface area (Å²) in [5.41, 5.74) is 7.71. The predicted octanol–water partition coefficient (Wildman–Crippen LogP) is 2.74. The van der Waals surface area contributed by atoms with Crippen molar-refractivity contribution in [3.05, 3.63) is 22.2 Å². The van der Waals surface area contributed by atoms with Crippen molar-refractivity contribution in [3.8, 4) is 0 Å². The zero-order chi connectivity index (χ0) is 16.2. The van der Waals surface area contributed by atoms with Crippen molar-refractivity contribution in [1.29, 1.82) is 0 Å². The van der Waals surface area contributed by atoms with Crippen LogP contribution in [0, 0.1) is 12.8 Å². The lowest BCUT2D eigenvalue weighted by atomic mass is 10.1. The van der Waals surface area contributed by atoms with Gasteiger partial charge in [0.05, 0.1) is 22.9 Å². The fourth-order valence-corrected chi connectivity index (χ4v) is 4.16. The Balaban J connectivity index is 2.67. The Morgan fingerprint density at radius 2 is 2.00 bits per heavy atom. The van der Waals surface area contributed by atoms with Gasteiger partial charge >= 0.3 is 0 Å². The fourth-order valence-electron chi connectivity index (χ4n) is 1.91. The molecule has 5 nitrogen and oxygen atoms in total. The van der Waals surface area contributed by atoms with Gasteiger partial charge in [-0.3, -0.25) is 4.79 Å². The summed E-state index contributed by atoms with van der Waals surface area (Å²) < 4.78 is 24.3. The Labute approximate surface area is 134 Å². The molecule has 0 aliphatic carbocycles. The zero-order valence-electron chi connectivity index (χ0n) is 12.4. The molecule has 7 heteroatoms. The molecule has 0 spiro atoms. The summed E-state index contributed by atoms with van der Waals surface area (Å²) >= 11 is 3.33. The average molecular weight is 377 g/mol. The number of hydrogen-bond acceptors (Lipinski definition) is 4. The fraction of sp³-hybridized carbons (Fsp3) is 0.500. The Kier molecular flexibility index (Phi) is 6.22. The topological polar surface area (TPSA) is 89.3 Å². The number of carbonyl (C=O) groups excluding carboxylic acids is 1. The van der Waals surface area contributed by atoms with E-state index in [4.69, 9.17) is 5.73 Å². The summed E-state index contributed by atoms with van der Waals surface area (Å²) in [5.74, 6) is -0.351. The van der Waals surface area contributed by atoms with Crippen LogP contribution in [0.5, 0.6) is 0 Å². The predicted molar refractivity (Wildman–Crippen MR) is 90.0 cm³/mol. The number of benzene rings is 1. The van der Waals surface area contributed by atoms with Crippen molar-refractivity contribution in [3.63, 3.8) is 0 Å². The van der Waals surface area contributed by atoms with E-state index in [0.29, 0.717) is 11.4 Å². The summed E-state index contributed by atoms with van der Waals surface area (Å²) in [6.45, 7) is 5.51. The Morgan fingerprint density at radius 3 is 2.57 bits per heavy atom. The van der Waals surface area contributed by atoms with Gasteiger partial charge in [0.2, 0.25) is 5.91 Å². The smallest absolute Gasteiger partial charge is 0.225 e. The third-order valence-electron chi connectivity index (χ3n) is 2.85. The number of hydrogen-bond donors (Lipinski definition) is 2. The minimum atomic E-state index is -3.20. The molecule has 0 heterocycles. The summed E-state index contributed by atoms with van der Waals surface area (Å²) in [6.07, 6.45) is -0.0694. The number of nitrogens with one attached hydrogen (secondary N) is 1. The van der Waals surface area contributed by atoms with E-state index < -0.39 is 9.84 Å². The standard InChI is InChI=1S/C14H21BrN2O3S/c1-9(2)8-21(19,20)5-4-13(18)17-12-7-11(15)6-10(3)14(12)16/h6-7,9H,4-5,8,16H2,1-3H3,(H,17,18). The molecular weight excluding hydrogens is 356 g/mol. The Hall–Kier alpha value is -1.08. The van der Waals surface area contributed by atoms with E-state index in [1.807, 2.05) is 26.8 Å². The van der Waals surface area contributed by atoms with Crippen LogP contribution in [-0.2, 0) is 14.6 Å². The Morgan fingerprint density at radius 1 is 1.38 bits per heavy atom. The molecule has 0 saturated carbocycles. The molecule has 0 fully saturated rings. The van der Waals surface area contributed by atoms with Crippen LogP contribution in [-0.4, -0.2) is 25.8 Å². The van der Waals surface area contributed by atoms with E-state index >= 15 is 0 Å². The maximum Gasteiger partial charge on any atom is 0.225 e. The molecule has 0 atom stereocenters. The second kappa shape index (κ2) is 7.26. The summed E-state index contributed by atoms with van der Waals surface area (Å²) in [7, 11) is -3.20. The van der Waals surface area contributed by atoms with E-state index in [-0.39, 0.29) is 29.8 Å². The van der Waals surface area contributed by atoms with Crippen LogP contribution in [0.3, 0.4) is 0 Å². The molecule has 0 radical (unpaired) electrons. The highest BCUT2D eigenvalue weighted by atomic mass is 79.9.